The van der Waals surface area contributed by atoms with E-state index in [1.54, 1.807) is 14.2 Å². The molecule has 1 unspecified atom stereocenters. The van der Waals surface area contributed by atoms with E-state index in [1.165, 1.54) is 0 Å². The molecule has 0 aliphatic carbocycles. The highest BCUT2D eigenvalue weighted by Gasteiger charge is 2.09. The first-order valence-electron chi connectivity index (χ1n) is 6.28. The Kier molecular flexibility index (Phi) is 6.92. The van der Waals surface area contributed by atoms with Gasteiger partial charge in [-0.25, -0.2) is 0 Å². The Morgan fingerprint density at radius 1 is 1.32 bits per heavy atom. The molecule has 0 radical (unpaired) electrons. The van der Waals surface area contributed by atoms with E-state index in [0.29, 0.717) is 26.0 Å². The van der Waals surface area contributed by atoms with Gasteiger partial charge in [0, 0.05) is 32.9 Å². The second-order valence-electron chi connectivity index (χ2n) is 4.36. The van der Waals surface area contributed by atoms with Crippen molar-refractivity contribution in [3.63, 3.8) is 0 Å². The second kappa shape index (κ2) is 8.50. The molecule has 0 fully saturated rings. The molecule has 3 N–H and O–H groups in total. The van der Waals surface area contributed by atoms with E-state index in [9.17, 15) is 4.79 Å². The maximum absolute atomic E-state index is 11.7. The van der Waals surface area contributed by atoms with E-state index in [0.717, 1.165) is 11.3 Å². The summed E-state index contributed by atoms with van der Waals surface area (Å²) in [6, 6.07) is 7.55. The van der Waals surface area contributed by atoms with Crippen molar-refractivity contribution < 1.29 is 14.3 Å². The summed E-state index contributed by atoms with van der Waals surface area (Å²) in [6.45, 7) is 0.930. The molecule has 0 saturated carbocycles. The molecule has 0 aromatic heterocycles. The molecule has 0 aliphatic heterocycles. The van der Waals surface area contributed by atoms with Crippen LogP contribution in [0.2, 0.25) is 0 Å². The summed E-state index contributed by atoms with van der Waals surface area (Å²) >= 11 is 0. The highest BCUT2D eigenvalue weighted by molar-refractivity contribution is 5.76. The van der Waals surface area contributed by atoms with Gasteiger partial charge in [0.2, 0.25) is 5.91 Å². The molecule has 0 aliphatic rings. The smallest absolute Gasteiger partial charge is 0.220 e. The van der Waals surface area contributed by atoms with Crippen LogP contribution in [0.3, 0.4) is 0 Å². The van der Waals surface area contributed by atoms with Crippen LogP contribution in [-0.2, 0) is 20.7 Å². The lowest BCUT2D eigenvalue weighted by molar-refractivity contribution is -0.121. The average Bonchev–Trinajstić information content (AvgIpc) is 2.42. The zero-order chi connectivity index (χ0) is 14.1. The van der Waals surface area contributed by atoms with Gasteiger partial charge in [-0.05, 0) is 24.1 Å². The molecule has 1 aromatic rings. The number of rotatable bonds is 8. The van der Waals surface area contributed by atoms with Crippen molar-refractivity contribution >= 4 is 11.6 Å². The lowest BCUT2D eigenvalue weighted by atomic mass is 10.1. The second-order valence-corrected chi connectivity index (χ2v) is 4.36. The number of hydrogen-bond donors (Lipinski definition) is 2. The highest BCUT2D eigenvalue weighted by atomic mass is 16.5. The molecule has 0 heterocycles. The predicted molar refractivity (Wildman–Crippen MR) is 74.9 cm³/mol. The summed E-state index contributed by atoms with van der Waals surface area (Å²) in [4.78, 5) is 11.7. The van der Waals surface area contributed by atoms with Crippen LogP contribution >= 0.6 is 0 Å². The van der Waals surface area contributed by atoms with Crippen LogP contribution in [0, 0.1) is 0 Å². The van der Waals surface area contributed by atoms with Crippen molar-refractivity contribution in [3.05, 3.63) is 29.8 Å². The van der Waals surface area contributed by atoms with Crippen LogP contribution in [0.1, 0.15) is 12.0 Å². The van der Waals surface area contributed by atoms with E-state index in [4.69, 9.17) is 15.2 Å². The number of anilines is 1. The third-order valence-electron chi connectivity index (χ3n) is 2.83. The zero-order valence-corrected chi connectivity index (χ0v) is 11.5. The number of benzene rings is 1. The van der Waals surface area contributed by atoms with E-state index in [2.05, 4.69) is 5.32 Å². The quantitative estimate of drug-likeness (QED) is 0.688. The molecule has 0 saturated heterocycles. The van der Waals surface area contributed by atoms with E-state index < -0.39 is 0 Å². The van der Waals surface area contributed by atoms with Gasteiger partial charge >= 0.3 is 0 Å². The van der Waals surface area contributed by atoms with Crippen LogP contribution in [0.5, 0.6) is 0 Å². The molecule has 5 heteroatoms. The molecule has 1 atom stereocenters. The number of aryl methyl sites for hydroxylation is 1. The Morgan fingerprint density at radius 3 is 2.58 bits per heavy atom. The van der Waals surface area contributed by atoms with Crippen LogP contribution < -0.4 is 11.1 Å². The van der Waals surface area contributed by atoms with Gasteiger partial charge in [0.15, 0.2) is 0 Å². The Labute approximate surface area is 114 Å². The Balaban J connectivity index is 2.25. The summed E-state index contributed by atoms with van der Waals surface area (Å²) in [7, 11) is 3.21. The monoisotopic (exact) mass is 266 g/mol. The van der Waals surface area contributed by atoms with Gasteiger partial charge in [0.1, 0.15) is 0 Å². The fourth-order valence-corrected chi connectivity index (χ4v) is 1.65. The lowest BCUT2D eigenvalue weighted by Crippen LogP contribution is -2.35. The van der Waals surface area contributed by atoms with Gasteiger partial charge in [-0.15, -0.1) is 0 Å². The molecule has 5 nitrogen and oxygen atoms in total. The number of carbonyl (C=O) groups excluding carboxylic acids is 1. The fraction of sp³-hybridized carbons (Fsp3) is 0.500. The molecular weight excluding hydrogens is 244 g/mol. The highest BCUT2D eigenvalue weighted by Crippen LogP contribution is 2.07. The third kappa shape index (κ3) is 6.22. The van der Waals surface area contributed by atoms with Gasteiger partial charge in [0.25, 0.3) is 0 Å². The van der Waals surface area contributed by atoms with Crippen LogP contribution in [0.4, 0.5) is 5.69 Å². The number of ether oxygens (including phenoxy) is 2. The van der Waals surface area contributed by atoms with Crippen molar-refractivity contribution in [1.29, 1.82) is 0 Å². The van der Waals surface area contributed by atoms with Crippen LogP contribution in [-0.4, -0.2) is 39.4 Å². The predicted octanol–water partition coefficient (Wildman–Crippen LogP) is 0.979. The van der Waals surface area contributed by atoms with Crippen molar-refractivity contribution in [2.75, 3.05) is 33.1 Å². The molecule has 106 valence electrons. The topological polar surface area (TPSA) is 73.6 Å². The number of nitrogens with one attached hydrogen (secondary N) is 1. The Hall–Kier alpha value is -1.59. The zero-order valence-electron chi connectivity index (χ0n) is 11.5. The average molecular weight is 266 g/mol. The summed E-state index contributed by atoms with van der Waals surface area (Å²) < 4.78 is 10.1. The standard InChI is InChI=1S/C14H22N2O3/c1-18-10-13(19-2)9-16-14(17)8-5-11-3-6-12(15)7-4-11/h3-4,6-7,13H,5,8-10,15H2,1-2H3,(H,16,17). The first-order chi connectivity index (χ1) is 9.15. The fourth-order valence-electron chi connectivity index (χ4n) is 1.65. The summed E-state index contributed by atoms with van der Waals surface area (Å²) in [5.41, 5.74) is 7.44. The summed E-state index contributed by atoms with van der Waals surface area (Å²) in [5.74, 6) is 0.00924. The Bertz CT molecular complexity index is 379. The molecule has 19 heavy (non-hydrogen) atoms. The van der Waals surface area contributed by atoms with Crippen molar-refractivity contribution in [2.24, 2.45) is 0 Å². The molecule has 1 aromatic carbocycles. The Morgan fingerprint density at radius 2 is 2.00 bits per heavy atom. The molecule has 1 amide bonds. The first kappa shape index (κ1) is 15.5. The minimum atomic E-state index is -0.106. The maximum Gasteiger partial charge on any atom is 0.220 e. The number of carbonyl (C=O) groups is 1. The molecule has 0 spiro atoms. The summed E-state index contributed by atoms with van der Waals surface area (Å²) in [5, 5.41) is 2.83. The number of nitrogen functional groups attached to an aromatic ring is 1. The van der Waals surface area contributed by atoms with Gasteiger partial charge in [-0.3, -0.25) is 4.79 Å². The maximum atomic E-state index is 11.7. The van der Waals surface area contributed by atoms with E-state index in [1.807, 2.05) is 24.3 Å². The van der Waals surface area contributed by atoms with Crippen LogP contribution in [0.25, 0.3) is 0 Å². The van der Waals surface area contributed by atoms with Gasteiger partial charge < -0.3 is 20.5 Å². The molecule has 0 bridgehead atoms. The van der Waals surface area contributed by atoms with Gasteiger partial charge in [0.05, 0.1) is 12.7 Å². The van der Waals surface area contributed by atoms with E-state index in [-0.39, 0.29) is 12.0 Å². The minimum absolute atomic E-state index is 0.00924. The van der Waals surface area contributed by atoms with E-state index >= 15 is 0 Å². The van der Waals surface area contributed by atoms with Crippen molar-refractivity contribution in [2.45, 2.75) is 18.9 Å². The molecular formula is C14H22N2O3. The summed E-state index contributed by atoms with van der Waals surface area (Å²) in [6.07, 6.45) is 1.05. The first-order valence-corrected chi connectivity index (χ1v) is 6.28. The normalized spacial score (nSPS) is 12.1. The third-order valence-corrected chi connectivity index (χ3v) is 2.83. The number of nitrogens with two attached hydrogens (primary N) is 1. The van der Waals surface area contributed by atoms with Crippen molar-refractivity contribution in [3.8, 4) is 0 Å². The lowest BCUT2D eigenvalue weighted by Gasteiger charge is -2.14. The van der Waals surface area contributed by atoms with Crippen molar-refractivity contribution in [1.82, 2.24) is 5.32 Å². The van der Waals surface area contributed by atoms with Gasteiger partial charge in [-0.2, -0.15) is 0 Å². The number of hydrogen-bond acceptors (Lipinski definition) is 4. The molecule has 1 rings (SSSR count). The van der Waals surface area contributed by atoms with Crippen LogP contribution in [0.15, 0.2) is 24.3 Å². The minimum Gasteiger partial charge on any atom is -0.399 e. The number of amides is 1. The SMILES string of the molecule is COCC(CNC(=O)CCc1ccc(N)cc1)OC. The number of methoxy groups -OCH3 is 2. The largest absolute Gasteiger partial charge is 0.399 e. The van der Waals surface area contributed by atoms with Gasteiger partial charge in [-0.1, -0.05) is 12.1 Å².